The van der Waals surface area contributed by atoms with Crippen LogP contribution in [0.1, 0.15) is 22.6 Å². The Balaban J connectivity index is 0.00000166. The second kappa shape index (κ2) is 12.2. The molecule has 0 aliphatic rings. The Labute approximate surface area is 183 Å². The van der Waals surface area contributed by atoms with Crippen LogP contribution in [0.4, 0.5) is 0 Å². The normalized spacial score (nSPS) is 10.7. The van der Waals surface area contributed by atoms with Crippen LogP contribution in [-0.2, 0) is 24.1 Å². The molecule has 3 aromatic rings. The van der Waals surface area contributed by atoms with Crippen LogP contribution in [-0.4, -0.2) is 15.6 Å². The minimum absolute atomic E-state index is 0.00383. The van der Waals surface area contributed by atoms with Crippen LogP contribution in [0.15, 0.2) is 83.0 Å². The quantitative estimate of drug-likeness (QED) is 0.455. The number of nitrogens with one attached hydrogen (secondary N) is 1. The first kappa shape index (κ1) is 23.7. The van der Waals surface area contributed by atoms with Crippen molar-refractivity contribution in [2.24, 2.45) is 0 Å². The maximum Gasteiger partial charge on any atom is 0.227 e. The second-order valence-electron chi connectivity index (χ2n) is 6.05. The number of ether oxygens (including phenoxy) is 1. The maximum atomic E-state index is 11.9. The van der Waals surface area contributed by atoms with Gasteiger partial charge in [0.05, 0.1) is 17.5 Å². The molecule has 0 saturated heterocycles. The molecule has 0 bridgehead atoms. The molecule has 0 radical (unpaired) electrons. The highest BCUT2D eigenvalue weighted by atomic mass is 32.2. The molecule has 1 aromatic heterocycles. The summed E-state index contributed by atoms with van der Waals surface area (Å²) in [5.41, 5.74) is 1.18. The molecule has 0 aliphatic heterocycles. The average molecular weight is 438 g/mol. The highest BCUT2D eigenvalue weighted by Crippen LogP contribution is 2.18. The Bertz CT molecular complexity index is 1130. The summed E-state index contributed by atoms with van der Waals surface area (Å²) < 4.78 is 24.8. The van der Waals surface area contributed by atoms with Gasteiger partial charge in [0, 0.05) is 23.4 Å². The number of hydrogen-bond donors (Lipinski definition) is 2. The summed E-state index contributed by atoms with van der Waals surface area (Å²) in [6.45, 7) is 5.97. The smallest absolute Gasteiger partial charge is 0.227 e. The van der Waals surface area contributed by atoms with Crippen LogP contribution in [0.3, 0.4) is 0 Å². The lowest BCUT2D eigenvalue weighted by Crippen LogP contribution is -2.17. The van der Waals surface area contributed by atoms with E-state index in [1.54, 1.807) is 12.1 Å². The van der Waals surface area contributed by atoms with Crippen molar-refractivity contribution >= 4 is 11.0 Å². The third-order valence-electron chi connectivity index (χ3n) is 3.84. The zero-order valence-corrected chi connectivity index (χ0v) is 17.9. The molecule has 1 unspecified atom stereocenters. The second-order valence-corrected chi connectivity index (χ2v) is 7.25. The standard InChI is InChI=1S/C22H19NO5S.C2H4/c1-29(26)23-14-19-13-20(24)22(25)21(28-19)15-27-18-11-9-17(10-12-18)8-7-16-5-3-2-4-6-16;1-2/h2-6,9-13,23,25H,14-15H2,1H3;1-2H2. The molecule has 0 saturated carbocycles. The van der Waals surface area contributed by atoms with Gasteiger partial charge in [-0.3, -0.25) is 4.79 Å². The lowest BCUT2D eigenvalue weighted by atomic mass is 10.2. The van der Waals surface area contributed by atoms with Gasteiger partial charge in [-0.25, -0.2) is 8.93 Å². The molecule has 0 amide bonds. The minimum Gasteiger partial charge on any atom is -0.502 e. The predicted molar refractivity (Wildman–Crippen MR) is 122 cm³/mol. The fourth-order valence-corrected chi connectivity index (χ4v) is 2.74. The Morgan fingerprint density at radius 3 is 2.29 bits per heavy atom. The van der Waals surface area contributed by atoms with Crippen molar-refractivity contribution in [3.63, 3.8) is 0 Å². The average Bonchev–Trinajstić information content (AvgIpc) is 2.80. The SMILES string of the molecule is C=C.CS(=O)NCc1cc(=O)c(O)c(COc2ccc(C#Cc3ccccc3)cc2)o1. The molecule has 3 rings (SSSR count). The summed E-state index contributed by atoms with van der Waals surface area (Å²) in [6.07, 6.45) is 1.47. The van der Waals surface area contributed by atoms with Gasteiger partial charge in [-0.1, -0.05) is 30.0 Å². The number of benzene rings is 2. The molecule has 160 valence electrons. The number of hydrogen-bond acceptors (Lipinski definition) is 5. The van der Waals surface area contributed by atoms with E-state index in [-0.39, 0.29) is 24.7 Å². The van der Waals surface area contributed by atoms with Gasteiger partial charge in [0.25, 0.3) is 0 Å². The molecule has 2 aromatic carbocycles. The van der Waals surface area contributed by atoms with Gasteiger partial charge in [-0.05, 0) is 36.4 Å². The van der Waals surface area contributed by atoms with Gasteiger partial charge in [-0.15, -0.1) is 13.2 Å². The van der Waals surface area contributed by atoms with Crippen molar-refractivity contribution in [1.29, 1.82) is 0 Å². The first-order valence-electron chi connectivity index (χ1n) is 9.23. The first-order chi connectivity index (χ1) is 15.0. The summed E-state index contributed by atoms with van der Waals surface area (Å²) in [5.74, 6) is 6.44. The van der Waals surface area contributed by atoms with E-state index < -0.39 is 22.2 Å². The molecule has 1 heterocycles. The molecular weight excluding hydrogens is 414 g/mol. The number of aromatic hydroxyl groups is 1. The van der Waals surface area contributed by atoms with Gasteiger partial charge in [0.1, 0.15) is 18.1 Å². The lowest BCUT2D eigenvalue weighted by molar-refractivity contribution is 0.248. The van der Waals surface area contributed by atoms with Crippen LogP contribution in [0.5, 0.6) is 11.5 Å². The van der Waals surface area contributed by atoms with Gasteiger partial charge in [0.2, 0.25) is 11.2 Å². The molecule has 31 heavy (non-hydrogen) atoms. The van der Waals surface area contributed by atoms with Gasteiger partial charge in [-0.2, -0.15) is 0 Å². The van der Waals surface area contributed by atoms with Crippen LogP contribution in [0.2, 0.25) is 0 Å². The van der Waals surface area contributed by atoms with E-state index in [4.69, 9.17) is 9.15 Å². The van der Waals surface area contributed by atoms with Gasteiger partial charge >= 0.3 is 0 Å². The maximum absolute atomic E-state index is 11.9. The molecule has 7 heteroatoms. The van der Waals surface area contributed by atoms with E-state index in [2.05, 4.69) is 29.7 Å². The van der Waals surface area contributed by atoms with E-state index >= 15 is 0 Å². The summed E-state index contributed by atoms with van der Waals surface area (Å²) in [5, 5.41) is 9.91. The van der Waals surface area contributed by atoms with E-state index in [9.17, 15) is 14.1 Å². The molecule has 0 fully saturated rings. The van der Waals surface area contributed by atoms with Crippen molar-refractivity contribution in [3.05, 3.63) is 107 Å². The predicted octanol–water partition coefficient (Wildman–Crippen LogP) is 3.51. The molecular formula is C24H23NO5S. The number of rotatable bonds is 6. The molecule has 0 aliphatic carbocycles. The van der Waals surface area contributed by atoms with E-state index in [0.29, 0.717) is 5.75 Å². The summed E-state index contributed by atoms with van der Waals surface area (Å²) in [7, 11) is -1.25. The fourth-order valence-electron chi connectivity index (χ4n) is 2.39. The monoisotopic (exact) mass is 437 g/mol. The van der Waals surface area contributed by atoms with E-state index in [1.165, 1.54) is 6.26 Å². The van der Waals surface area contributed by atoms with Crippen molar-refractivity contribution in [1.82, 2.24) is 4.72 Å². The van der Waals surface area contributed by atoms with Gasteiger partial charge < -0.3 is 14.3 Å². The Morgan fingerprint density at radius 2 is 1.68 bits per heavy atom. The van der Waals surface area contributed by atoms with Crippen LogP contribution >= 0.6 is 0 Å². The van der Waals surface area contributed by atoms with Crippen LogP contribution in [0.25, 0.3) is 0 Å². The Hall–Kier alpha value is -3.60. The van der Waals surface area contributed by atoms with Crippen molar-refractivity contribution in [3.8, 4) is 23.3 Å². The third-order valence-corrected chi connectivity index (χ3v) is 4.39. The molecule has 0 spiro atoms. The van der Waals surface area contributed by atoms with E-state index in [1.807, 2.05) is 42.5 Å². The lowest BCUT2D eigenvalue weighted by Gasteiger charge is -2.09. The van der Waals surface area contributed by atoms with Crippen LogP contribution in [0, 0.1) is 11.8 Å². The third kappa shape index (κ3) is 7.63. The van der Waals surface area contributed by atoms with E-state index in [0.717, 1.165) is 17.2 Å². The largest absolute Gasteiger partial charge is 0.502 e. The van der Waals surface area contributed by atoms with Crippen molar-refractivity contribution in [2.75, 3.05) is 6.26 Å². The molecule has 1 atom stereocenters. The first-order valence-corrected chi connectivity index (χ1v) is 10.8. The Kier molecular flexibility index (Phi) is 9.30. The topological polar surface area (TPSA) is 88.8 Å². The van der Waals surface area contributed by atoms with Crippen molar-refractivity contribution < 1.29 is 18.5 Å². The van der Waals surface area contributed by atoms with Gasteiger partial charge in [0.15, 0.2) is 5.76 Å². The fraction of sp³-hybridized carbons (Fsp3) is 0.125. The van der Waals surface area contributed by atoms with Crippen molar-refractivity contribution in [2.45, 2.75) is 13.2 Å². The molecule has 2 N–H and O–H groups in total. The van der Waals surface area contributed by atoms with Crippen LogP contribution < -0.4 is 14.9 Å². The highest BCUT2D eigenvalue weighted by Gasteiger charge is 2.12. The highest BCUT2D eigenvalue weighted by molar-refractivity contribution is 7.82. The summed E-state index contributed by atoms with van der Waals surface area (Å²) >= 11 is 0. The minimum atomic E-state index is -1.25. The zero-order valence-electron chi connectivity index (χ0n) is 17.1. The summed E-state index contributed by atoms with van der Waals surface area (Å²) in [6, 6.07) is 18.0. The zero-order chi connectivity index (χ0) is 22.6. The molecule has 6 nitrogen and oxygen atoms in total. The Morgan fingerprint density at radius 1 is 1.06 bits per heavy atom. The summed E-state index contributed by atoms with van der Waals surface area (Å²) in [4.78, 5) is 11.9.